The number of methoxy groups -OCH3 is 1. The molecule has 1 heterocycles. The second-order valence-corrected chi connectivity index (χ2v) is 6.79. The summed E-state index contributed by atoms with van der Waals surface area (Å²) in [6.45, 7) is 0.695. The average molecular weight is 308 g/mol. The van der Waals surface area contributed by atoms with Gasteiger partial charge in [0.05, 0.1) is 13.7 Å². The van der Waals surface area contributed by atoms with E-state index in [1.807, 2.05) is 36.0 Å². The molecule has 1 aliphatic heterocycles. The number of rotatable bonds is 6. The summed E-state index contributed by atoms with van der Waals surface area (Å²) in [7, 11) is 1.67. The van der Waals surface area contributed by atoms with E-state index in [4.69, 9.17) is 9.47 Å². The van der Waals surface area contributed by atoms with Crippen molar-refractivity contribution in [2.75, 3.05) is 19.5 Å². The van der Waals surface area contributed by atoms with E-state index in [-0.39, 0.29) is 0 Å². The van der Waals surface area contributed by atoms with E-state index in [9.17, 15) is 0 Å². The van der Waals surface area contributed by atoms with E-state index in [2.05, 4.69) is 10.6 Å². The molecule has 21 heavy (non-hydrogen) atoms. The van der Waals surface area contributed by atoms with Crippen molar-refractivity contribution in [3.05, 3.63) is 24.3 Å². The zero-order chi connectivity index (χ0) is 14.5. The number of thioether (sulfide) groups is 1. The van der Waals surface area contributed by atoms with Crippen molar-refractivity contribution < 1.29 is 9.47 Å². The Kier molecular flexibility index (Phi) is 5.27. The van der Waals surface area contributed by atoms with Gasteiger partial charge in [0.2, 0.25) is 0 Å². The van der Waals surface area contributed by atoms with Crippen LogP contribution in [0, 0.1) is 0 Å². The van der Waals surface area contributed by atoms with Crippen molar-refractivity contribution >= 4 is 11.8 Å². The first-order valence-corrected chi connectivity index (χ1v) is 8.81. The smallest absolute Gasteiger partial charge is 0.161 e. The van der Waals surface area contributed by atoms with Gasteiger partial charge in [0.1, 0.15) is 5.50 Å². The predicted octanol–water partition coefficient (Wildman–Crippen LogP) is 2.59. The minimum absolute atomic E-state index is 0.374. The number of fused-ring (bicyclic) bond motifs is 1. The third kappa shape index (κ3) is 3.84. The topological polar surface area (TPSA) is 42.5 Å². The summed E-state index contributed by atoms with van der Waals surface area (Å²) >= 11 is 1.89. The number of ether oxygens (including phenoxy) is 2. The third-order valence-electron chi connectivity index (χ3n) is 4.19. The molecule has 3 rings (SSSR count). The van der Waals surface area contributed by atoms with Crippen LogP contribution in [0.1, 0.15) is 25.7 Å². The van der Waals surface area contributed by atoms with E-state index in [1.54, 1.807) is 7.11 Å². The molecular weight excluding hydrogens is 284 g/mol. The normalized spacial score (nSPS) is 28.1. The Balaban J connectivity index is 1.39. The molecule has 1 saturated heterocycles. The molecule has 1 aromatic carbocycles. The van der Waals surface area contributed by atoms with Gasteiger partial charge in [-0.15, -0.1) is 11.8 Å². The van der Waals surface area contributed by atoms with Crippen LogP contribution in [0.4, 0.5) is 0 Å². The molecular formula is C16H24N2O2S. The van der Waals surface area contributed by atoms with Crippen molar-refractivity contribution in [2.24, 2.45) is 0 Å². The van der Waals surface area contributed by atoms with Crippen molar-refractivity contribution in [3.8, 4) is 11.5 Å². The summed E-state index contributed by atoms with van der Waals surface area (Å²) in [4.78, 5) is 0. The maximum absolute atomic E-state index is 5.81. The van der Waals surface area contributed by atoms with E-state index in [0.29, 0.717) is 24.2 Å². The van der Waals surface area contributed by atoms with Gasteiger partial charge < -0.3 is 9.47 Å². The molecule has 0 radical (unpaired) electrons. The van der Waals surface area contributed by atoms with Crippen molar-refractivity contribution in [2.45, 2.75) is 43.3 Å². The number of benzene rings is 1. The van der Waals surface area contributed by atoms with Crippen LogP contribution in [0.15, 0.2) is 24.3 Å². The second kappa shape index (κ2) is 7.38. The van der Waals surface area contributed by atoms with E-state index in [0.717, 1.165) is 17.3 Å². The van der Waals surface area contributed by atoms with Gasteiger partial charge >= 0.3 is 0 Å². The molecule has 0 spiro atoms. The van der Waals surface area contributed by atoms with Crippen molar-refractivity contribution in [1.82, 2.24) is 10.6 Å². The number of hydrogen-bond donors (Lipinski definition) is 2. The van der Waals surface area contributed by atoms with Crippen LogP contribution in [0.5, 0.6) is 11.5 Å². The number of hydrogen-bond acceptors (Lipinski definition) is 5. The van der Waals surface area contributed by atoms with Gasteiger partial charge in [-0.05, 0) is 25.0 Å². The summed E-state index contributed by atoms with van der Waals surface area (Å²) in [5, 5.41) is 7.37. The largest absolute Gasteiger partial charge is 0.493 e. The van der Waals surface area contributed by atoms with Crippen LogP contribution in [0.2, 0.25) is 0 Å². The predicted molar refractivity (Wildman–Crippen MR) is 87.1 cm³/mol. The Hall–Kier alpha value is -0.910. The Morgan fingerprint density at radius 3 is 2.43 bits per heavy atom. The SMILES string of the molecule is COc1ccccc1OCCSC1NC2CCCCC2N1. The van der Waals surface area contributed by atoms with Gasteiger partial charge in [-0.25, -0.2) is 0 Å². The molecule has 2 atom stereocenters. The molecule has 1 saturated carbocycles. The average Bonchev–Trinajstić information content (AvgIpc) is 2.94. The molecule has 2 aliphatic rings. The first-order chi connectivity index (χ1) is 10.4. The first kappa shape index (κ1) is 15.0. The quantitative estimate of drug-likeness (QED) is 0.791. The van der Waals surface area contributed by atoms with Gasteiger partial charge in [-0.3, -0.25) is 10.6 Å². The van der Waals surface area contributed by atoms with Crippen LogP contribution in [-0.2, 0) is 0 Å². The Morgan fingerprint density at radius 2 is 1.76 bits per heavy atom. The standard InChI is InChI=1S/C16H24N2O2S/c1-19-14-8-4-5-9-15(14)20-10-11-21-16-17-12-6-2-3-7-13(12)18-16/h4-5,8-9,12-13,16-18H,2-3,6-7,10-11H2,1H3. The molecule has 2 unspecified atom stereocenters. The van der Waals surface area contributed by atoms with Gasteiger partial charge in [-0.1, -0.05) is 25.0 Å². The van der Waals surface area contributed by atoms with Gasteiger partial charge in [0.25, 0.3) is 0 Å². The summed E-state index contributed by atoms with van der Waals surface area (Å²) in [6.07, 6.45) is 5.35. The number of nitrogens with one attached hydrogen (secondary N) is 2. The van der Waals surface area contributed by atoms with Crippen LogP contribution in [0.3, 0.4) is 0 Å². The van der Waals surface area contributed by atoms with Gasteiger partial charge in [0, 0.05) is 17.8 Å². The highest BCUT2D eigenvalue weighted by molar-refractivity contribution is 7.99. The Labute approximate surface area is 131 Å². The molecule has 2 fully saturated rings. The fourth-order valence-corrected chi connectivity index (χ4v) is 4.08. The van der Waals surface area contributed by atoms with Crippen molar-refractivity contribution in [3.63, 3.8) is 0 Å². The second-order valence-electron chi connectivity index (χ2n) is 5.58. The molecule has 2 N–H and O–H groups in total. The fourth-order valence-electron chi connectivity index (χ4n) is 3.12. The maximum atomic E-state index is 5.81. The lowest BCUT2D eigenvalue weighted by Gasteiger charge is -2.23. The molecule has 116 valence electrons. The first-order valence-electron chi connectivity index (χ1n) is 7.76. The third-order valence-corrected chi connectivity index (χ3v) is 5.20. The highest BCUT2D eigenvalue weighted by Gasteiger charge is 2.34. The van der Waals surface area contributed by atoms with Crippen LogP contribution >= 0.6 is 11.8 Å². The minimum Gasteiger partial charge on any atom is -0.493 e. The zero-order valence-electron chi connectivity index (χ0n) is 12.5. The summed E-state index contributed by atoms with van der Waals surface area (Å²) in [6, 6.07) is 9.14. The molecule has 1 aromatic rings. The highest BCUT2D eigenvalue weighted by Crippen LogP contribution is 2.27. The van der Waals surface area contributed by atoms with E-state index < -0.39 is 0 Å². The minimum atomic E-state index is 0.374. The lowest BCUT2D eigenvalue weighted by Crippen LogP contribution is -2.36. The van der Waals surface area contributed by atoms with Crippen LogP contribution < -0.4 is 20.1 Å². The summed E-state index contributed by atoms with van der Waals surface area (Å²) < 4.78 is 11.1. The molecule has 0 aromatic heterocycles. The number of para-hydroxylation sites is 2. The van der Waals surface area contributed by atoms with Crippen LogP contribution in [-0.4, -0.2) is 37.1 Å². The maximum Gasteiger partial charge on any atom is 0.161 e. The Bertz CT molecular complexity index is 444. The lowest BCUT2D eigenvalue weighted by atomic mass is 9.92. The van der Waals surface area contributed by atoms with E-state index in [1.165, 1.54) is 25.7 Å². The van der Waals surface area contributed by atoms with Gasteiger partial charge in [0.15, 0.2) is 11.5 Å². The van der Waals surface area contributed by atoms with Crippen LogP contribution in [0.25, 0.3) is 0 Å². The zero-order valence-corrected chi connectivity index (χ0v) is 13.3. The van der Waals surface area contributed by atoms with E-state index >= 15 is 0 Å². The molecule has 5 heteroatoms. The summed E-state index contributed by atoms with van der Waals surface area (Å²) in [5.41, 5.74) is 0.374. The lowest BCUT2D eigenvalue weighted by molar-refractivity contribution is 0.313. The molecule has 0 bridgehead atoms. The Morgan fingerprint density at radius 1 is 1.10 bits per heavy atom. The monoisotopic (exact) mass is 308 g/mol. The van der Waals surface area contributed by atoms with Gasteiger partial charge in [-0.2, -0.15) is 0 Å². The molecule has 4 nitrogen and oxygen atoms in total. The fraction of sp³-hybridized carbons (Fsp3) is 0.625. The highest BCUT2D eigenvalue weighted by atomic mass is 32.2. The molecule has 1 aliphatic carbocycles. The van der Waals surface area contributed by atoms with Crippen molar-refractivity contribution in [1.29, 1.82) is 0 Å². The molecule has 0 amide bonds. The summed E-state index contributed by atoms with van der Waals surface area (Å²) in [5.74, 6) is 2.58.